The highest BCUT2D eigenvalue weighted by Crippen LogP contribution is 2.23. The molecule has 1 fully saturated rings. The van der Waals surface area contributed by atoms with Crippen LogP contribution in [-0.4, -0.2) is 81.7 Å². The zero-order valence-electron chi connectivity index (χ0n) is 15.1. The van der Waals surface area contributed by atoms with E-state index in [0.717, 1.165) is 38.8 Å². The van der Waals surface area contributed by atoms with Gasteiger partial charge >= 0.3 is 0 Å². The summed E-state index contributed by atoms with van der Waals surface area (Å²) in [6.07, 6.45) is 0. The lowest BCUT2D eigenvalue weighted by Gasteiger charge is -2.34. The van der Waals surface area contributed by atoms with Gasteiger partial charge in [-0.3, -0.25) is 9.89 Å². The van der Waals surface area contributed by atoms with Gasteiger partial charge in [0.2, 0.25) is 0 Å². The molecule has 5 nitrogen and oxygen atoms in total. The molecule has 0 aromatic heterocycles. The quantitative estimate of drug-likeness (QED) is 0.626. The number of benzene rings is 1. The van der Waals surface area contributed by atoms with Gasteiger partial charge in [0.05, 0.1) is 25.8 Å². The van der Waals surface area contributed by atoms with Crippen LogP contribution in [0.4, 0.5) is 0 Å². The molecule has 1 unspecified atom stereocenters. The van der Waals surface area contributed by atoms with E-state index in [1.165, 1.54) is 11.1 Å². The van der Waals surface area contributed by atoms with Crippen LogP contribution < -0.4 is 0 Å². The van der Waals surface area contributed by atoms with E-state index < -0.39 is 0 Å². The second-order valence-corrected chi connectivity index (χ2v) is 6.51. The number of aryl methyl sites for hydroxylation is 1. The van der Waals surface area contributed by atoms with Crippen LogP contribution in [0.3, 0.4) is 0 Å². The highest BCUT2D eigenvalue weighted by Gasteiger charge is 2.23. The standard InChI is InChI=1S/C18H30N4O/c1-15-7-6-8-16(13-15)17(22-9-11-23-12-10-22)14-19-18(20(2)3)21(4)5/h6-8,13,17H,9-12,14H2,1-5H3. The van der Waals surface area contributed by atoms with Crippen LogP contribution in [0.25, 0.3) is 0 Å². The number of nitrogens with zero attached hydrogens (tertiary/aromatic N) is 4. The number of ether oxygens (including phenoxy) is 1. The molecule has 1 aliphatic rings. The SMILES string of the molecule is Cc1cccc(C(CN=C(N(C)C)N(C)C)N2CCOCC2)c1. The third-order valence-electron chi connectivity index (χ3n) is 4.12. The van der Waals surface area contributed by atoms with Crippen molar-refractivity contribution in [2.45, 2.75) is 13.0 Å². The van der Waals surface area contributed by atoms with Crippen molar-refractivity contribution in [3.8, 4) is 0 Å². The first-order chi connectivity index (χ1) is 11.0. The molecular formula is C18H30N4O. The number of rotatable bonds is 4. The Morgan fingerprint density at radius 2 is 1.83 bits per heavy atom. The normalized spacial score (nSPS) is 16.7. The van der Waals surface area contributed by atoms with Gasteiger partial charge < -0.3 is 14.5 Å². The summed E-state index contributed by atoms with van der Waals surface area (Å²) in [6.45, 7) is 6.45. The Morgan fingerprint density at radius 1 is 1.17 bits per heavy atom. The Balaban J connectivity index is 2.24. The molecule has 128 valence electrons. The van der Waals surface area contributed by atoms with Crippen LogP contribution in [0.5, 0.6) is 0 Å². The largest absolute Gasteiger partial charge is 0.379 e. The fourth-order valence-electron chi connectivity index (χ4n) is 3.05. The van der Waals surface area contributed by atoms with Crippen molar-refractivity contribution in [3.63, 3.8) is 0 Å². The van der Waals surface area contributed by atoms with E-state index in [-0.39, 0.29) is 0 Å². The van der Waals surface area contributed by atoms with Gasteiger partial charge in [0.25, 0.3) is 0 Å². The third-order valence-corrected chi connectivity index (χ3v) is 4.12. The Hall–Kier alpha value is -1.59. The van der Waals surface area contributed by atoms with Gasteiger partial charge in [-0.25, -0.2) is 0 Å². The number of hydrogen-bond donors (Lipinski definition) is 0. The summed E-state index contributed by atoms with van der Waals surface area (Å²) in [4.78, 5) is 11.5. The molecule has 2 rings (SSSR count). The van der Waals surface area contributed by atoms with E-state index in [0.29, 0.717) is 6.04 Å². The molecule has 0 bridgehead atoms. The number of morpholine rings is 1. The minimum Gasteiger partial charge on any atom is -0.379 e. The molecule has 0 N–H and O–H groups in total. The molecule has 0 aliphatic carbocycles. The summed E-state index contributed by atoms with van der Waals surface area (Å²) in [5.74, 6) is 0.996. The summed E-state index contributed by atoms with van der Waals surface area (Å²) in [5.41, 5.74) is 2.64. The van der Waals surface area contributed by atoms with Gasteiger partial charge in [0.1, 0.15) is 0 Å². The van der Waals surface area contributed by atoms with E-state index in [2.05, 4.69) is 45.9 Å². The van der Waals surface area contributed by atoms with Crippen molar-refractivity contribution < 1.29 is 4.74 Å². The average molecular weight is 318 g/mol. The molecule has 0 spiro atoms. The van der Waals surface area contributed by atoms with E-state index in [9.17, 15) is 0 Å². The molecular weight excluding hydrogens is 288 g/mol. The molecule has 0 saturated carbocycles. The van der Waals surface area contributed by atoms with E-state index >= 15 is 0 Å². The Morgan fingerprint density at radius 3 is 2.39 bits per heavy atom. The first kappa shape index (κ1) is 17.8. The first-order valence-corrected chi connectivity index (χ1v) is 8.26. The maximum atomic E-state index is 5.52. The summed E-state index contributed by atoms with van der Waals surface area (Å²) in [7, 11) is 8.15. The van der Waals surface area contributed by atoms with E-state index in [1.807, 2.05) is 28.2 Å². The topological polar surface area (TPSA) is 31.3 Å². The van der Waals surface area contributed by atoms with E-state index in [1.54, 1.807) is 0 Å². The zero-order chi connectivity index (χ0) is 16.8. The minimum atomic E-state index is 0.300. The van der Waals surface area contributed by atoms with E-state index in [4.69, 9.17) is 9.73 Å². The second-order valence-electron chi connectivity index (χ2n) is 6.51. The lowest BCUT2D eigenvalue weighted by atomic mass is 10.0. The Kier molecular flexibility index (Phi) is 6.42. The lowest BCUT2D eigenvalue weighted by molar-refractivity contribution is 0.0179. The van der Waals surface area contributed by atoms with Crippen molar-refractivity contribution in [2.75, 3.05) is 61.0 Å². The molecule has 1 aromatic rings. The highest BCUT2D eigenvalue weighted by atomic mass is 16.5. The van der Waals surface area contributed by atoms with Crippen molar-refractivity contribution in [1.29, 1.82) is 0 Å². The fourth-order valence-corrected chi connectivity index (χ4v) is 3.05. The molecule has 1 heterocycles. The predicted molar refractivity (Wildman–Crippen MR) is 96.0 cm³/mol. The smallest absolute Gasteiger partial charge is 0.195 e. The predicted octanol–water partition coefficient (Wildman–Crippen LogP) is 1.85. The maximum Gasteiger partial charge on any atom is 0.195 e. The molecule has 1 aliphatic heterocycles. The monoisotopic (exact) mass is 318 g/mol. The number of guanidine groups is 1. The zero-order valence-corrected chi connectivity index (χ0v) is 15.1. The van der Waals surface area contributed by atoms with Crippen molar-refractivity contribution in [1.82, 2.24) is 14.7 Å². The highest BCUT2D eigenvalue weighted by molar-refractivity contribution is 5.79. The van der Waals surface area contributed by atoms with Crippen molar-refractivity contribution in [3.05, 3.63) is 35.4 Å². The van der Waals surface area contributed by atoms with Gasteiger partial charge in [-0.1, -0.05) is 29.8 Å². The van der Waals surface area contributed by atoms with Gasteiger partial charge in [-0.15, -0.1) is 0 Å². The van der Waals surface area contributed by atoms with Crippen molar-refractivity contribution in [2.24, 2.45) is 4.99 Å². The number of aliphatic imine (C=N–C) groups is 1. The summed E-state index contributed by atoms with van der Waals surface area (Å²) in [6, 6.07) is 9.08. The minimum absolute atomic E-state index is 0.300. The van der Waals surface area contributed by atoms with Gasteiger partial charge in [-0.2, -0.15) is 0 Å². The summed E-state index contributed by atoms with van der Waals surface area (Å²) in [5, 5.41) is 0. The summed E-state index contributed by atoms with van der Waals surface area (Å²) < 4.78 is 5.52. The average Bonchev–Trinajstić information content (AvgIpc) is 2.51. The van der Waals surface area contributed by atoms with Gasteiger partial charge in [0.15, 0.2) is 5.96 Å². The van der Waals surface area contributed by atoms with Crippen LogP contribution in [-0.2, 0) is 4.74 Å². The van der Waals surface area contributed by atoms with Crippen molar-refractivity contribution >= 4 is 5.96 Å². The Bertz CT molecular complexity index is 512. The maximum absolute atomic E-state index is 5.52. The Labute approximate surface area is 140 Å². The molecule has 23 heavy (non-hydrogen) atoms. The van der Waals surface area contributed by atoms with Crippen LogP contribution in [0.2, 0.25) is 0 Å². The fraction of sp³-hybridized carbons (Fsp3) is 0.611. The van der Waals surface area contributed by atoms with Crippen LogP contribution >= 0.6 is 0 Å². The van der Waals surface area contributed by atoms with Crippen LogP contribution in [0.15, 0.2) is 29.3 Å². The third kappa shape index (κ3) is 4.94. The molecule has 1 saturated heterocycles. The lowest BCUT2D eigenvalue weighted by Crippen LogP contribution is -2.41. The molecule has 5 heteroatoms. The number of hydrogen-bond acceptors (Lipinski definition) is 3. The molecule has 1 atom stereocenters. The van der Waals surface area contributed by atoms with Gasteiger partial charge in [0, 0.05) is 41.3 Å². The molecule has 0 radical (unpaired) electrons. The van der Waals surface area contributed by atoms with Crippen LogP contribution in [0, 0.1) is 6.92 Å². The summed E-state index contributed by atoms with van der Waals surface area (Å²) >= 11 is 0. The first-order valence-electron chi connectivity index (χ1n) is 8.26. The van der Waals surface area contributed by atoms with Gasteiger partial charge in [-0.05, 0) is 12.5 Å². The molecule has 0 amide bonds. The second kappa shape index (κ2) is 8.31. The molecule has 1 aromatic carbocycles. The van der Waals surface area contributed by atoms with Crippen LogP contribution in [0.1, 0.15) is 17.2 Å².